The van der Waals surface area contributed by atoms with Crippen molar-refractivity contribution < 1.29 is 9.53 Å². The molecule has 2 aromatic carbocycles. The van der Waals surface area contributed by atoms with Gasteiger partial charge in [-0.25, -0.2) is 0 Å². The Morgan fingerprint density at radius 1 is 1.07 bits per heavy atom. The molecule has 0 aliphatic heterocycles. The summed E-state index contributed by atoms with van der Waals surface area (Å²) in [6, 6.07) is 18.7. The summed E-state index contributed by atoms with van der Waals surface area (Å²) in [5.74, 6) is 0.894. The molecular formula is C21H18ClN5O2S. The molecule has 0 fully saturated rings. The number of hydrogen-bond acceptors (Lipinski definition) is 6. The van der Waals surface area contributed by atoms with Crippen LogP contribution >= 0.6 is 23.4 Å². The number of thioether (sulfide) groups is 1. The summed E-state index contributed by atoms with van der Waals surface area (Å²) in [6.07, 6.45) is 0. The van der Waals surface area contributed by atoms with Crippen LogP contribution in [-0.2, 0) is 11.3 Å². The monoisotopic (exact) mass is 439 g/mol. The first-order chi connectivity index (χ1) is 14.6. The maximum Gasteiger partial charge on any atom is 0.230 e. The highest BCUT2D eigenvalue weighted by molar-refractivity contribution is 7.99. The van der Waals surface area contributed by atoms with Crippen molar-refractivity contribution in [3.05, 3.63) is 71.2 Å². The standard InChI is InChI=1S/C21H18ClN5O2S/c1-29-17-8-4-15(5-9-17)18-10-11-19-24-25-21(27(19)26-18)30-13-20(28)23-12-14-2-6-16(22)7-3-14/h2-11H,12-13H2,1H3,(H,23,28). The Hall–Kier alpha value is -3.10. The Labute approximate surface area is 182 Å². The normalized spacial score (nSPS) is 10.9. The lowest BCUT2D eigenvalue weighted by molar-refractivity contribution is -0.118. The Balaban J connectivity index is 1.42. The molecule has 0 saturated carbocycles. The number of carbonyl (C=O) groups excluding carboxylic acids is 1. The molecule has 0 aliphatic carbocycles. The molecule has 0 unspecified atom stereocenters. The highest BCUT2D eigenvalue weighted by atomic mass is 35.5. The molecule has 9 heteroatoms. The van der Waals surface area contributed by atoms with Crippen molar-refractivity contribution in [1.82, 2.24) is 25.1 Å². The van der Waals surface area contributed by atoms with Crippen LogP contribution in [0.3, 0.4) is 0 Å². The van der Waals surface area contributed by atoms with Gasteiger partial charge < -0.3 is 10.1 Å². The third-order valence-corrected chi connectivity index (χ3v) is 5.53. The number of aromatic nitrogens is 4. The Bertz CT molecular complexity index is 1160. The van der Waals surface area contributed by atoms with Crippen LogP contribution in [0.5, 0.6) is 5.75 Å². The first-order valence-corrected chi connectivity index (χ1v) is 10.5. The molecule has 1 amide bonds. The highest BCUT2D eigenvalue weighted by Crippen LogP contribution is 2.22. The predicted octanol–water partition coefficient (Wildman–Crippen LogP) is 3.86. The zero-order valence-electron chi connectivity index (χ0n) is 16.1. The van der Waals surface area contributed by atoms with Crippen molar-refractivity contribution in [3.63, 3.8) is 0 Å². The largest absolute Gasteiger partial charge is 0.497 e. The molecule has 4 aromatic rings. The maximum absolute atomic E-state index is 12.2. The average Bonchev–Trinajstić information content (AvgIpc) is 3.19. The van der Waals surface area contributed by atoms with Gasteiger partial charge in [0.15, 0.2) is 5.65 Å². The van der Waals surface area contributed by atoms with E-state index in [1.54, 1.807) is 23.8 Å². The minimum atomic E-state index is -0.0991. The second-order valence-electron chi connectivity index (χ2n) is 6.39. The molecule has 2 aromatic heterocycles. The molecule has 0 spiro atoms. The van der Waals surface area contributed by atoms with Gasteiger partial charge in [0, 0.05) is 17.1 Å². The fourth-order valence-electron chi connectivity index (χ4n) is 2.76. The van der Waals surface area contributed by atoms with Crippen LogP contribution in [0.25, 0.3) is 16.9 Å². The van der Waals surface area contributed by atoms with Crippen molar-refractivity contribution in [3.8, 4) is 17.0 Å². The van der Waals surface area contributed by atoms with Crippen LogP contribution in [0.15, 0.2) is 65.8 Å². The van der Waals surface area contributed by atoms with E-state index >= 15 is 0 Å². The van der Waals surface area contributed by atoms with E-state index in [2.05, 4.69) is 20.6 Å². The minimum absolute atomic E-state index is 0.0991. The third kappa shape index (κ3) is 4.72. The highest BCUT2D eigenvalue weighted by Gasteiger charge is 2.12. The lowest BCUT2D eigenvalue weighted by Crippen LogP contribution is -2.24. The SMILES string of the molecule is COc1ccc(-c2ccc3nnc(SCC(=O)NCc4ccc(Cl)cc4)n3n2)cc1. The van der Waals surface area contributed by atoms with Gasteiger partial charge in [0.2, 0.25) is 11.1 Å². The number of carbonyl (C=O) groups is 1. The second kappa shape index (κ2) is 9.15. The number of methoxy groups -OCH3 is 1. The van der Waals surface area contributed by atoms with Gasteiger partial charge in [-0.15, -0.1) is 10.2 Å². The van der Waals surface area contributed by atoms with E-state index in [4.69, 9.17) is 16.3 Å². The molecule has 4 rings (SSSR count). The molecule has 0 atom stereocenters. The minimum Gasteiger partial charge on any atom is -0.497 e. The summed E-state index contributed by atoms with van der Waals surface area (Å²) >= 11 is 7.16. The molecular weight excluding hydrogens is 422 g/mol. The summed E-state index contributed by atoms with van der Waals surface area (Å²) in [6.45, 7) is 0.441. The van der Waals surface area contributed by atoms with E-state index in [1.165, 1.54) is 11.8 Å². The Morgan fingerprint density at radius 2 is 1.83 bits per heavy atom. The van der Waals surface area contributed by atoms with Crippen molar-refractivity contribution >= 4 is 34.9 Å². The molecule has 0 saturated heterocycles. The van der Waals surface area contributed by atoms with Crippen LogP contribution < -0.4 is 10.1 Å². The van der Waals surface area contributed by atoms with Crippen LogP contribution in [0.4, 0.5) is 0 Å². The van der Waals surface area contributed by atoms with Gasteiger partial charge in [-0.3, -0.25) is 4.79 Å². The van der Waals surface area contributed by atoms with Crippen molar-refractivity contribution in [1.29, 1.82) is 0 Å². The van der Waals surface area contributed by atoms with Gasteiger partial charge in [0.1, 0.15) is 5.75 Å². The van der Waals surface area contributed by atoms with Crippen LogP contribution in [0, 0.1) is 0 Å². The fourth-order valence-corrected chi connectivity index (χ4v) is 3.60. The van der Waals surface area contributed by atoms with Gasteiger partial charge in [-0.2, -0.15) is 9.61 Å². The number of hydrogen-bond donors (Lipinski definition) is 1. The maximum atomic E-state index is 12.2. The smallest absolute Gasteiger partial charge is 0.230 e. The fraction of sp³-hybridized carbons (Fsp3) is 0.143. The topological polar surface area (TPSA) is 81.4 Å². The van der Waals surface area contributed by atoms with E-state index < -0.39 is 0 Å². The lowest BCUT2D eigenvalue weighted by atomic mass is 10.1. The van der Waals surface area contributed by atoms with Crippen LogP contribution in [0.2, 0.25) is 5.02 Å². The average molecular weight is 440 g/mol. The quantitative estimate of drug-likeness (QED) is 0.440. The number of nitrogens with zero attached hydrogens (tertiary/aromatic N) is 4. The summed E-state index contributed by atoms with van der Waals surface area (Å²) in [5.41, 5.74) is 3.33. The van der Waals surface area contributed by atoms with Crippen molar-refractivity contribution in [2.24, 2.45) is 0 Å². The molecule has 0 bridgehead atoms. The number of rotatable bonds is 7. The van der Waals surface area contributed by atoms with Crippen LogP contribution in [-0.4, -0.2) is 38.6 Å². The van der Waals surface area contributed by atoms with E-state index in [-0.39, 0.29) is 11.7 Å². The zero-order valence-corrected chi connectivity index (χ0v) is 17.7. The van der Waals surface area contributed by atoms with E-state index in [1.807, 2.05) is 48.5 Å². The molecule has 7 nitrogen and oxygen atoms in total. The number of nitrogens with one attached hydrogen (secondary N) is 1. The number of fused-ring (bicyclic) bond motifs is 1. The summed E-state index contributed by atoms with van der Waals surface area (Å²) in [4.78, 5) is 12.2. The summed E-state index contributed by atoms with van der Waals surface area (Å²) in [7, 11) is 1.63. The first kappa shape index (κ1) is 20.2. The Kier molecular flexibility index (Phi) is 6.15. The van der Waals surface area contributed by atoms with Gasteiger partial charge in [-0.1, -0.05) is 35.5 Å². The molecule has 30 heavy (non-hydrogen) atoms. The lowest BCUT2D eigenvalue weighted by Gasteiger charge is -2.06. The predicted molar refractivity (Wildman–Crippen MR) is 117 cm³/mol. The van der Waals surface area contributed by atoms with Crippen molar-refractivity contribution in [2.75, 3.05) is 12.9 Å². The molecule has 0 radical (unpaired) electrons. The van der Waals surface area contributed by atoms with E-state index in [9.17, 15) is 4.79 Å². The first-order valence-electron chi connectivity index (χ1n) is 9.13. The van der Waals surface area contributed by atoms with Gasteiger partial charge >= 0.3 is 0 Å². The number of ether oxygens (including phenoxy) is 1. The van der Waals surface area contributed by atoms with Crippen LogP contribution in [0.1, 0.15) is 5.56 Å². The van der Waals surface area contributed by atoms with Gasteiger partial charge in [-0.05, 0) is 54.1 Å². The molecule has 1 N–H and O–H groups in total. The van der Waals surface area contributed by atoms with Gasteiger partial charge in [0.05, 0.1) is 18.6 Å². The summed E-state index contributed by atoms with van der Waals surface area (Å²) < 4.78 is 6.85. The van der Waals surface area contributed by atoms with Crippen molar-refractivity contribution in [2.45, 2.75) is 11.7 Å². The number of halogens is 1. The molecule has 0 aliphatic rings. The van der Waals surface area contributed by atoms with E-state index in [0.717, 1.165) is 22.6 Å². The molecule has 152 valence electrons. The zero-order chi connectivity index (χ0) is 20.9. The van der Waals surface area contributed by atoms with E-state index in [0.29, 0.717) is 22.4 Å². The third-order valence-electron chi connectivity index (χ3n) is 4.36. The summed E-state index contributed by atoms with van der Waals surface area (Å²) in [5, 5.41) is 17.0. The van der Waals surface area contributed by atoms with Gasteiger partial charge in [0.25, 0.3) is 0 Å². The number of benzene rings is 2. The second-order valence-corrected chi connectivity index (χ2v) is 7.77. The molecule has 2 heterocycles. The Morgan fingerprint density at radius 3 is 2.57 bits per heavy atom. The number of amides is 1.